The summed E-state index contributed by atoms with van der Waals surface area (Å²) in [7, 11) is 3.58. The number of likely N-dealkylation sites (N-methyl/N-ethyl adjacent to an activating group) is 1. The molecule has 0 bridgehead atoms. The van der Waals surface area contributed by atoms with Crippen LogP contribution in [0.15, 0.2) is 0 Å². The van der Waals surface area contributed by atoms with Crippen molar-refractivity contribution in [1.82, 2.24) is 14.9 Å². The van der Waals surface area contributed by atoms with Crippen molar-refractivity contribution < 1.29 is 9.66 Å². The van der Waals surface area contributed by atoms with Gasteiger partial charge in [-0.25, -0.2) is 4.98 Å². The summed E-state index contributed by atoms with van der Waals surface area (Å²) >= 11 is 5.73. The topological polar surface area (TPSA) is 93.4 Å². The molecular weight excluding hydrogens is 286 g/mol. The van der Waals surface area contributed by atoms with Gasteiger partial charge in [0.1, 0.15) is 5.69 Å². The van der Waals surface area contributed by atoms with Gasteiger partial charge >= 0.3 is 5.69 Å². The van der Waals surface area contributed by atoms with E-state index in [0.29, 0.717) is 19.7 Å². The third-order valence-electron chi connectivity index (χ3n) is 2.68. The van der Waals surface area contributed by atoms with Gasteiger partial charge in [0, 0.05) is 26.7 Å². The van der Waals surface area contributed by atoms with Gasteiger partial charge in [-0.15, -0.1) is 0 Å². The first kappa shape index (κ1) is 16.5. The SMILES string of the molecule is COCCN(C)CCNc1nc(Cl)nc(C)c1[N+](=O)[O-]. The number of nitrogens with zero attached hydrogens (tertiary/aromatic N) is 4. The summed E-state index contributed by atoms with van der Waals surface area (Å²) in [4.78, 5) is 20.2. The van der Waals surface area contributed by atoms with Crippen LogP contribution in [0, 0.1) is 17.0 Å². The molecule has 0 aliphatic heterocycles. The summed E-state index contributed by atoms with van der Waals surface area (Å²) in [6.45, 7) is 4.15. The zero-order valence-electron chi connectivity index (χ0n) is 11.7. The summed E-state index contributed by atoms with van der Waals surface area (Å²) in [6.07, 6.45) is 0. The Kier molecular flexibility index (Phi) is 6.56. The third-order valence-corrected chi connectivity index (χ3v) is 2.85. The van der Waals surface area contributed by atoms with Crippen molar-refractivity contribution in [3.8, 4) is 0 Å². The minimum atomic E-state index is -0.511. The Balaban J connectivity index is 2.65. The lowest BCUT2D eigenvalue weighted by Gasteiger charge is -2.16. The summed E-state index contributed by atoms with van der Waals surface area (Å²) in [5, 5.41) is 13.9. The van der Waals surface area contributed by atoms with Gasteiger partial charge in [0.2, 0.25) is 11.1 Å². The van der Waals surface area contributed by atoms with E-state index in [0.717, 1.165) is 6.54 Å². The number of halogens is 1. The van der Waals surface area contributed by atoms with Crippen molar-refractivity contribution in [1.29, 1.82) is 0 Å². The number of ether oxygens (including phenoxy) is 1. The number of rotatable bonds is 8. The van der Waals surface area contributed by atoms with Crippen molar-refractivity contribution >= 4 is 23.1 Å². The number of hydrogen-bond donors (Lipinski definition) is 1. The van der Waals surface area contributed by atoms with Gasteiger partial charge in [0.15, 0.2) is 0 Å². The minimum absolute atomic E-state index is 0.0108. The van der Waals surface area contributed by atoms with Crippen molar-refractivity contribution in [2.75, 3.05) is 45.7 Å². The fourth-order valence-corrected chi connectivity index (χ4v) is 1.81. The molecule has 0 amide bonds. The standard InChI is InChI=1S/C11H18ClN5O3/c1-8-9(17(18)19)10(15-11(12)14-8)13-4-5-16(2)6-7-20-3/h4-7H2,1-3H3,(H,13,14,15). The lowest BCUT2D eigenvalue weighted by atomic mass is 10.3. The second-order valence-corrected chi connectivity index (χ2v) is 4.59. The highest BCUT2D eigenvalue weighted by Crippen LogP contribution is 2.26. The highest BCUT2D eigenvalue weighted by molar-refractivity contribution is 6.28. The van der Waals surface area contributed by atoms with Gasteiger partial charge in [0.25, 0.3) is 0 Å². The summed E-state index contributed by atoms with van der Waals surface area (Å²) in [5.74, 6) is 0.146. The molecule has 9 heteroatoms. The largest absolute Gasteiger partial charge is 0.383 e. The van der Waals surface area contributed by atoms with Crippen molar-refractivity contribution in [3.05, 3.63) is 21.1 Å². The van der Waals surface area contributed by atoms with Gasteiger partial charge in [-0.1, -0.05) is 0 Å². The molecule has 1 aromatic rings. The van der Waals surface area contributed by atoms with E-state index in [9.17, 15) is 10.1 Å². The molecule has 0 radical (unpaired) electrons. The fraction of sp³-hybridized carbons (Fsp3) is 0.636. The first-order valence-electron chi connectivity index (χ1n) is 6.05. The Bertz CT molecular complexity index is 472. The molecule has 112 valence electrons. The number of aryl methyl sites for hydroxylation is 1. The molecule has 0 aromatic carbocycles. The van der Waals surface area contributed by atoms with E-state index in [1.165, 1.54) is 6.92 Å². The van der Waals surface area contributed by atoms with Gasteiger partial charge < -0.3 is 15.0 Å². The number of aromatic nitrogens is 2. The summed E-state index contributed by atoms with van der Waals surface area (Å²) in [5.41, 5.74) is 0.0965. The van der Waals surface area contributed by atoms with Crippen LogP contribution in [-0.4, -0.2) is 60.2 Å². The molecule has 0 aliphatic carbocycles. The smallest absolute Gasteiger partial charge is 0.332 e. The second kappa shape index (κ2) is 7.93. The van der Waals surface area contributed by atoms with Gasteiger partial charge in [-0.2, -0.15) is 4.98 Å². The maximum Gasteiger partial charge on any atom is 0.332 e. The van der Waals surface area contributed by atoms with E-state index in [2.05, 4.69) is 15.3 Å². The number of hydrogen-bond acceptors (Lipinski definition) is 7. The van der Waals surface area contributed by atoms with E-state index >= 15 is 0 Å². The minimum Gasteiger partial charge on any atom is -0.383 e. The van der Waals surface area contributed by atoms with Crippen molar-refractivity contribution in [2.45, 2.75) is 6.92 Å². The molecule has 0 saturated heterocycles. The summed E-state index contributed by atoms with van der Waals surface area (Å²) in [6, 6.07) is 0. The molecule has 8 nitrogen and oxygen atoms in total. The maximum atomic E-state index is 11.0. The van der Waals surface area contributed by atoms with Crippen LogP contribution in [-0.2, 0) is 4.74 Å². The third kappa shape index (κ3) is 4.87. The highest BCUT2D eigenvalue weighted by atomic mass is 35.5. The molecule has 20 heavy (non-hydrogen) atoms. The van der Waals surface area contributed by atoms with Crippen LogP contribution >= 0.6 is 11.6 Å². The zero-order chi connectivity index (χ0) is 15.1. The fourth-order valence-electron chi connectivity index (χ4n) is 1.60. The molecule has 0 unspecified atom stereocenters. The van der Waals surface area contributed by atoms with E-state index in [4.69, 9.17) is 16.3 Å². The van der Waals surface area contributed by atoms with Crippen LogP contribution < -0.4 is 5.32 Å². The van der Waals surface area contributed by atoms with Crippen LogP contribution in [0.1, 0.15) is 5.69 Å². The first-order valence-corrected chi connectivity index (χ1v) is 6.43. The number of anilines is 1. The molecule has 0 spiro atoms. The number of nitro groups is 1. The Morgan fingerprint density at radius 2 is 2.15 bits per heavy atom. The van der Waals surface area contributed by atoms with Crippen molar-refractivity contribution in [2.24, 2.45) is 0 Å². The Labute approximate surface area is 122 Å². The highest BCUT2D eigenvalue weighted by Gasteiger charge is 2.21. The van der Waals surface area contributed by atoms with Gasteiger partial charge in [-0.3, -0.25) is 10.1 Å². The van der Waals surface area contributed by atoms with Crippen LogP contribution in [0.25, 0.3) is 0 Å². The Hall–Kier alpha value is -1.51. The molecule has 1 heterocycles. The van der Waals surface area contributed by atoms with E-state index in [1.807, 2.05) is 11.9 Å². The summed E-state index contributed by atoms with van der Waals surface area (Å²) < 4.78 is 4.97. The second-order valence-electron chi connectivity index (χ2n) is 4.26. The quantitative estimate of drug-likeness (QED) is 0.440. The van der Waals surface area contributed by atoms with Crippen molar-refractivity contribution in [3.63, 3.8) is 0 Å². The van der Waals surface area contributed by atoms with Crippen LogP contribution in [0.3, 0.4) is 0 Å². The maximum absolute atomic E-state index is 11.0. The lowest BCUT2D eigenvalue weighted by molar-refractivity contribution is -0.385. The monoisotopic (exact) mass is 303 g/mol. The van der Waals surface area contributed by atoms with Crippen LogP contribution in [0.2, 0.25) is 5.28 Å². The van der Waals surface area contributed by atoms with E-state index < -0.39 is 4.92 Å². The predicted octanol–water partition coefficient (Wildman–Crippen LogP) is 1.34. The van der Waals surface area contributed by atoms with Crippen LogP contribution in [0.4, 0.5) is 11.5 Å². The van der Waals surface area contributed by atoms with E-state index in [1.54, 1.807) is 7.11 Å². The molecule has 0 saturated carbocycles. The molecule has 0 atom stereocenters. The first-order chi connectivity index (χ1) is 9.45. The Morgan fingerprint density at radius 1 is 1.45 bits per heavy atom. The molecule has 1 rings (SSSR count). The number of methoxy groups -OCH3 is 1. The van der Waals surface area contributed by atoms with Gasteiger partial charge in [0.05, 0.1) is 11.5 Å². The Morgan fingerprint density at radius 3 is 2.75 bits per heavy atom. The molecule has 1 N–H and O–H groups in total. The van der Waals surface area contributed by atoms with E-state index in [-0.39, 0.29) is 22.5 Å². The van der Waals surface area contributed by atoms with Crippen LogP contribution in [0.5, 0.6) is 0 Å². The molecule has 0 fully saturated rings. The molecule has 1 aromatic heterocycles. The molecule has 0 aliphatic rings. The average Bonchev–Trinajstić information content (AvgIpc) is 2.34. The average molecular weight is 304 g/mol. The predicted molar refractivity (Wildman–Crippen MR) is 76.3 cm³/mol. The normalized spacial score (nSPS) is 10.8. The zero-order valence-corrected chi connectivity index (χ0v) is 12.5. The molecular formula is C11H18ClN5O3. The number of nitrogens with one attached hydrogen (secondary N) is 1. The lowest BCUT2D eigenvalue weighted by Crippen LogP contribution is -2.28. The van der Waals surface area contributed by atoms with Gasteiger partial charge in [-0.05, 0) is 25.6 Å².